The quantitative estimate of drug-likeness (QED) is 0.609. The first-order valence-electron chi connectivity index (χ1n) is 6.80. The molecule has 1 aliphatic carbocycles. The first kappa shape index (κ1) is 14.5. The van der Waals surface area contributed by atoms with Gasteiger partial charge in [-0.25, -0.2) is 9.78 Å². The molecule has 0 aromatic carbocycles. The first-order valence-corrected chi connectivity index (χ1v) is 7.61. The summed E-state index contributed by atoms with van der Waals surface area (Å²) < 4.78 is 9.70. The summed E-state index contributed by atoms with van der Waals surface area (Å²) in [6.45, 7) is 1.89. The van der Waals surface area contributed by atoms with Gasteiger partial charge in [-0.05, 0) is 19.8 Å². The topological polar surface area (TPSA) is 120 Å². The van der Waals surface area contributed by atoms with Crippen LogP contribution in [0.3, 0.4) is 0 Å². The summed E-state index contributed by atoms with van der Waals surface area (Å²) in [5.41, 5.74) is 5.72. The summed E-state index contributed by atoms with van der Waals surface area (Å²) in [5, 5.41) is 7.32. The molecule has 0 saturated heterocycles. The van der Waals surface area contributed by atoms with Crippen LogP contribution in [0, 0.1) is 0 Å². The number of carbonyl (C=O) groups is 2. The lowest BCUT2D eigenvalue weighted by atomic mass is 10.2. The van der Waals surface area contributed by atoms with Gasteiger partial charge >= 0.3 is 5.97 Å². The molecule has 1 fully saturated rings. The number of nitrogens with two attached hydrogens (primary N) is 1. The highest BCUT2D eigenvalue weighted by atomic mass is 32.1. The lowest BCUT2D eigenvalue weighted by Crippen LogP contribution is -2.05. The van der Waals surface area contributed by atoms with Crippen LogP contribution in [0.4, 0.5) is 10.9 Å². The molecule has 0 radical (unpaired) electrons. The van der Waals surface area contributed by atoms with Crippen molar-refractivity contribution in [3.63, 3.8) is 0 Å². The van der Waals surface area contributed by atoms with Crippen molar-refractivity contribution >= 4 is 34.0 Å². The van der Waals surface area contributed by atoms with Gasteiger partial charge in [-0.3, -0.25) is 4.79 Å². The number of aromatic nitrogens is 2. The lowest BCUT2D eigenvalue weighted by molar-refractivity contribution is 0.0514. The van der Waals surface area contributed by atoms with Crippen LogP contribution in [0.1, 0.15) is 45.7 Å². The van der Waals surface area contributed by atoms with Gasteiger partial charge in [0.05, 0.1) is 6.61 Å². The molecule has 1 saturated carbocycles. The predicted molar refractivity (Wildman–Crippen MR) is 79.1 cm³/mol. The zero-order valence-electron chi connectivity index (χ0n) is 11.8. The molecule has 0 amide bonds. The van der Waals surface area contributed by atoms with Crippen LogP contribution in [0.25, 0.3) is 0 Å². The number of nitrogens with zero attached hydrogens (tertiary/aromatic N) is 2. The van der Waals surface area contributed by atoms with Gasteiger partial charge in [-0.2, -0.15) is 0 Å². The third-order valence-corrected chi connectivity index (χ3v) is 3.98. The Labute approximate surface area is 129 Å². The number of ketones is 1. The fourth-order valence-electron chi connectivity index (χ4n) is 1.75. The number of nitrogen functional groups attached to an aromatic ring is 1. The van der Waals surface area contributed by atoms with Crippen LogP contribution in [-0.2, 0) is 4.74 Å². The Morgan fingerprint density at radius 2 is 2.32 bits per heavy atom. The molecule has 1 aliphatic rings. The predicted octanol–water partition coefficient (Wildman–Crippen LogP) is 1.70. The Kier molecular flexibility index (Phi) is 3.80. The number of anilines is 2. The van der Waals surface area contributed by atoms with E-state index >= 15 is 0 Å². The Balaban J connectivity index is 1.78. The van der Waals surface area contributed by atoms with E-state index in [1.54, 1.807) is 6.92 Å². The molecule has 9 heteroatoms. The number of rotatable bonds is 6. The van der Waals surface area contributed by atoms with Gasteiger partial charge in [0.25, 0.3) is 0 Å². The van der Waals surface area contributed by atoms with Crippen molar-refractivity contribution in [3.8, 4) is 0 Å². The molecule has 2 heterocycles. The first-order chi connectivity index (χ1) is 10.6. The molecule has 3 rings (SSSR count). The van der Waals surface area contributed by atoms with Crippen molar-refractivity contribution in [3.05, 3.63) is 22.4 Å². The average molecular weight is 322 g/mol. The van der Waals surface area contributed by atoms with Gasteiger partial charge in [0.1, 0.15) is 10.7 Å². The Morgan fingerprint density at radius 1 is 1.55 bits per heavy atom. The number of carbonyl (C=O) groups excluding carboxylic acids is 2. The smallest absolute Gasteiger partial charge is 0.360 e. The molecule has 116 valence electrons. The van der Waals surface area contributed by atoms with E-state index in [0.717, 1.165) is 24.2 Å². The summed E-state index contributed by atoms with van der Waals surface area (Å²) >= 11 is 1.16. The number of hydrogen-bond acceptors (Lipinski definition) is 9. The van der Waals surface area contributed by atoms with E-state index in [1.807, 2.05) is 0 Å². The van der Waals surface area contributed by atoms with Crippen molar-refractivity contribution in [2.75, 3.05) is 17.7 Å². The summed E-state index contributed by atoms with van der Waals surface area (Å²) in [7, 11) is 0. The maximum atomic E-state index is 12.4. The Hall–Kier alpha value is -2.42. The summed E-state index contributed by atoms with van der Waals surface area (Å²) in [4.78, 5) is 28.2. The zero-order chi connectivity index (χ0) is 15.7. The van der Waals surface area contributed by atoms with Crippen LogP contribution in [0.2, 0.25) is 0 Å². The molecule has 0 atom stereocenters. The van der Waals surface area contributed by atoms with Gasteiger partial charge in [-0.1, -0.05) is 16.5 Å². The molecule has 0 bridgehead atoms. The molecule has 0 spiro atoms. The van der Waals surface area contributed by atoms with Crippen molar-refractivity contribution in [2.45, 2.75) is 25.8 Å². The second-order valence-electron chi connectivity index (χ2n) is 4.78. The SMILES string of the molecule is CCOC(=O)c1cc(C(=O)c2sc(NC3CC3)nc2N)on1. The number of esters is 1. The van der Waals surface area contributed by atoms with Gasteiger partial charge in [0.2, 0.25) is 11.5 Å². The minimum Gasteiger partial charge on any atom is -0.461 e. The van der Waals surface area contributed by atoms with Gasteiger partial charge in [0, 0.05) is 12.1 Å². The summed E-state index contributed by atoms with van der Waals surface area (Å²) in [6, 6.07) is 1.65. The van der Waals surface area contributed by atoms with Gasteiger partial charge in [-0.15, -0.1) is 0 Å². The largest absolute Gasteiger partial charge is 0.461 e. The molecule has 0 aliphatic heterocycles. The zero-order valence-corrected chi connectivity index (χ0v) is 12.6. The van der Waals surface area contributed by atoms with E-state index in [2.05, 4.69) is 15.5 Å². The average Bonchev–Trinajstić information content (AvgIpc) is 3.02. The second kappa shape index (κ2) is 5.76. The second-order valence-corrected chi connectivity index (χ2v) is 5.78. The summed E-state index contributed by atoms with van der Waals surface area (Å²) in [6.07, 6.45) is 2.18. The molecule has 2 aromatic heterocycles. The molecular weight excluding hydrogens is 308 g/mol. The molecule has 3 N–H and O–H groups in total. The lowest BCUT2D eigenvalue weighted by Gasteiger charge is -1.95. The number of nitrogens with one attached hydrogen (secondary N) is 1. The van der Waals surface area contributed by atoms with Crippen LogP contribution in [0.15, 0.2) is 10.6 Å². The molecule has 0 unspecified atom stereocenters. The minimum absolute atomic E-state index is 0.0513. The van der Waals surface area contributed by atoms with E-state index < -0.39 is 11.8 Å². The normalized spacial score (nSPS) is 13.9. The van der Waals surface area contributed by atoms with E-state index in [0.29, 0.717) is 11.2 Å². The third-order valence-electron chi connectivity index (χ3n) is 2.98. The Bertz CT molecular complexity index is 719. The van der Waals surface area contributed by atoms with Crippen molar-refractivity contribution in [1.82, 2.24) is 10.1 Å². The van der Waals surface area contributed by atoms with Gasteiger partial charge in [0.15, 0.2) is 10.8 Å². The molecule has 2 aromatic rings. The molecule has 8 nitrogen and oxygen atoms in total. The van der Waals surface area contributed by atoms with E-state index in [4.69, 9.17) is 15.0 Å². The fourth-order valence-corrected chi connectivity index (χ4v) is 2.66. The minimum atomic E-state index is -0.640. The summed E-state index contributed by atoms with van der Waals surface area (Å²) in [5.74, 6) is -1.04. The number of thiazole rings is 1. The standard InChI is InChI=1S/C13H14N4O4S/c1-2-20-12(19)7-5-8(21-17-7)9(18)10-11(14)16-13(22-10)15-6-3-4-6/h5-6H,2-4,14H2,1H3,(H,15,16). The highest BCUT2D eigenvalue weighted by Gasteiger charge is 2.26. The van der Waals surface area contributed by atoms with Crippen molar-refractivity contribution in [1.29, 1.82) is 0 Å². The van der Waals surface area contributed by atoms with Crippen molar-refractivity contribution < 1.29 is 18.8 Å². The highest BCUT2D eigenvalue weighted by molar-refractivity contribution is 7.18. The van der Waals surface area contributed by atoms with Crippen LogP contribution < -0.4 is 11.1 Å². The maximum absolute atomic E-state index is 12.4. The van der Waals surface area contributed by atoms with Crippen LogP contribution >= 0.6 is 11.3 Å². The van der Waals surface area contributed by atoms with E-state index in [1.165, 1.54) is 6.07 Å². The van der Waals surface area contributed by atoms with E-state index in [9.17, 15) is 9.59 Å². The van der Waals surface area contributed by atoms with Crippen molar-refractivity contribution in [2.24, 2.45) is 0 Å². The number of ether oxygens (including phenoxy) is 1. The third kappa shape index (κ3) is 2.93. The molecule has 22 heavy (non-hydrogen) atoms. The van der Waals surface area contributed by atoms with Crippen LogP contribution in [0.5, 0.6) is 0 Å². The fraction of sp³-hybridized carbons (Fsp3) is 0.385. The van der Waals surface area contributed by atoms with Gasteiger partial charge < -0.3 is 20.3 Å². The monoisotopic (exact) mass is 322 g/mol. The Morgan fingerprint density at radius 3 is 3.00 bits per heavy atom. The number of hydrogen-bond donors (Lipinski definition) is 2. The maximum Gasteiger partial charge on any atom is 0.360 e. The highest BCUT2D eigenvalue weighted by Crippen LogP contribution is 2.31. The van der Waals surface area contributed by atoms with Crippen LogP contribution in [-0.4, -0.2) is 34.5 Å². The molecular formula is C13H14N4O4S. The van der Waals surface area contributed by atoms with E-state index in [-0.39, 0.29) is 28.8 Å².